The van der Waals surface area contributed by atoms with E-state index in [1.807, 2.05) is 66.4 Å². The Labute approximate surface area is 197 Å². The molecule has 0 bridgehead atoms. The summed E-state index contributed by atoms with van der Waals surface area (Å²) in [5.74, 6) is -1.27. The lowest BCUT2D eigenvalue weighted by Crippen LogP contribution is -2.59. The number of hydrogen-bond acceptors (Lipinski definition) is 2. The molecule has 1 heterocycles. The van der Waals surface area contributed by atoms with Crippen molar-refractivity contribution in [2.75, 3.05) is 5.32 Å². The molecule has 2 amide bonds. The molecule has 164 valence electrons. The molecule has 5 heteroatoms. The SMILES string of the molecule is CC(c1ccc2ccccc2c1)N1C(=O)[C@H](C(=O)Nc2ccccc2)[C@H]1c1ccc(Cl)cc1. The van der Waals surface area contributed by atoms with Crippen LogP contribution in [-0.2, 0) is 9.59 Å². The highest BCUT2D eigenvalue weighted by Gasteiger charge is 2.54. The van der Waals surface area contributed by atoms with Gasteiger partial charge in [0.05, 0.1) is 12.1 Å². The molecular formula is C28H23ClN2O2. The van der Waals surface area contributed by atoms with Gasteiger partial charge in [0.2, 0.25) is 11.8 Å². The number of likely N-dealkylation sites (tertiary alicyclic amines) is 1. The molecule has 5 rings (SSSR count). The van der Waals surface area contributed by atoms with Gasteiger partial charge in [-0.15, -0.1) is 0 Å². The lowest BCUT2D eigenvalue weighted by Gasteiger charge is -2.49. The smallest absolute Gasteiger partial charge is 0.239 e. The van der Waals surface area contributed by atoms with Crippen LogP contribution in [0, 0.1) is 5.92 Å². The Balaban J connectivity index is 1.48. The average molecular weight is 455 g/mol. The number of benzene rings is 4. The maximum atomic E-state index is 13.4. The Morgan fingerprint density at radius 1 is 0.879 bits per heavy atom. The lowest BCUT2D eigenvalue weighted by atomic mass is 9.79. The van der Waals surface area contributed by atoms with Gasteiger partial charge in [0.15, 0.2) is 0 Å². The molecule has 3 atom stereocenters. The van der Waals surface area contributed by atoms with Crippen LogP contribution in [0.25, 0.3) is 10.8 Å². The molecular weight excluding hydrogens is 432 g/mol. The fourth-order valence-corrected chi connectivity index (χ4v) is 4.71. The molecule has 1 unspecified atom stereocenters. The largest absolute Gasteiger partial charge is 0.327 e. The maximum absolute atomic E-state index is 13.4. The van der Waals surface area contributed by atoms with Crippen LogP contribution in [0.3, 0.4) is 0 Å². The summed E-state index contributed by atoms with van der Waals surface area (Å²) in [4.78, 5) is 28.3. The number of carbonyl (C=O) groups excluding carboxylic acids is 2. The van der Waals surface area contributed by atoms with E-state index in [4.69, 9.17) is 11.6 Å². The number of hydrogen-bond donors (Lipinski definition) is 1. The minimum Gasteiger partial charge on any atom is -0.327 e. The minimum absolute atomic E-state index is 0.177. The molecule has 33 heavy (non-hydrogen) atoms. The molecule has 1 N–H and O–H groups in total. The first-order chi connectivity index (χ1) is 16.0. The van der Waals surface area contributed by atoms with Crippen molar-refractivity contribution in [2.45, 2.75) is 19.0 Å². The van der Waals surface area contributed by atoms with Crippen molar-refractivity contribution < 1.29 is 9.59 Å². The van der Waals surface area contributed by atoms with Crippen molar-refractivity contribution in [1.82, 2.24) is 4.90 Å². The van der Waals surface area contributed by atoms with E-state index < -0.39 is 5.92 Å². The van der Waals surface area contributed by atoms with Gasteiger partial charge in [0.1, 0.15) is 5.92 Å². The van der Waals surface area contributed by atoms with Crippen molar-refractivity contribution >= 4 is 39.9 Å². The van der Waals surface area contributed by atoms with E-state index in [9.17, 15) is 9.59 Å². The average Bonchev–Trinajstić information content (AvgIpc) is 2.83. The van der Waals surface area contributed by atoms with Crippen LogP contribution in [0.1, 0.15) is 30.1 Å². The van der Waals surface area contributed by atoms with Crippen LogP contribution in [0.15, 0.2) is 97.1 Å². The highest BCUT2D eigenvalue weighted by atomic mass is 35.5. The number of nitrogens with zero attached hydrogens (tertiary/aromatic N) is 1. The predicted octanol–water partition coefficient (Wildman–Crippen LogP) is 6.39. The third kappa shape index (κ3) is 3.98. The normalized spacial score (nSPS) is 18.6. The van der Waals surface area contributed by atoms with Crippen LogP contribution in [0.5, 0.6) is 0 Å². The first-order valence-electron chi connectivity index (χ1n) is 11.0. The number of para-hydroxylation sites is 1. The Morgan fingerprint density at radius 3 is 2.27 bits per heavy atom. The van der Waals surface area contributed by atoms with E-state index in [-0.39, 0.29) is 23.9 Å². The molecule has 4 nitrogen and oxygen atoms in total. The summed E-state index contributed by atoms with van der Waals surface area (Å²) in [5, 5.41) is 5.78. The van der Waals surface area contributed by atoms with Crippen molar-refractivity contribution in [3.63, 3.8) is 0 Å². The molecule has 0 aliphatic carbocycles. The van der Waals surface area contributed by atoms with Crippen LogP contribution in [-0.4, -0.2) is 16.7 Å². The fraction of sp³-hybridized carbons (Fsp3) is 0.143. The van der Waals surface area contributed by atoms with Crippen molar-refractivity contribution in [2.24, 2.45) is 5.92 Å². The summed E-state index contributed by atoms with van der Waals surface area (Å²) >= 11 is 6.10. The van der Waals surface area contributed by atoms with Gasteiger partial charge in [-0.25, -0.2) is 0 Å². The summed E-state index contributed by atoms with van der Waals surface area (Å²) in [5.41, 5.74) is 2.59. The van der Waals surface area contributed by atoms with Gasteiger partial charge in [-0.05, 0) is 59.2 Å². The van der Waals surface area contributed by atoms with Gasteiger partial charge in [-0.1, -0.05) is 78.3 Å². The Hall–Kier alpha value is -3.63. The van der Waals surface area contributed by atoms with Crippen LogP contribution >= 0.6 is 11.6 Å². The highest BCUT2D eigenvalue weighted by Crippen LogP contribution is 2.46. The highest BCUT2D eigenvalue weighted by molar-refractivity contribution is 6.30. The van der Waals surface area contributed by atoms with Gasteiger partial charge in [0.25, 0.3) is 0 Å². The van der Waals surface area contributed by atoms with E-state index >= 15 is 0 Å². The Bertz CT molecular complexity index is 1320. The number of fused-ring (bicyclic) bond motifs is 1. The molecule has 0 saturated carbocycles. The summed E-state index contributed by atoms with van der Waals surface area (Å²) < 4.78 is 0. The molecule has 1 aliphatic rings. The quantitative estimate of drug-likeness (QED) is 0.280. The molecule has 1 aliphatic heterocycles. The zero-order valence-electron chi connectivity index (χ0n) is 18.1. The Morgan fingerprint density at radius 2 is 1.55 bits per heavy atom. The first kappa shape index (κ1) is 21.2. The van der Waals surface area contributed by atoms with Gasteiger partial charge in [-0.3, -0.25) is 9.59 Å². The molecule has 4 aromatic rings. The summed E-state index contributed by atoms with van der Waals surface area (Å²) in [6, 6.07) is 30.4. The van der Waals surface area contributed by atoms with E-state index in [2.05, 4.69) is 35.6 Å². The second kappa shape index (κ2) is 8.72. The number of halogens is 1. The number of carbonyl (C=O) groups is 2. The summed E-state index contributed by atoms with van der Waals surface area (Å²) in [6.07, 6.45) is 0. The van der Waals surface area contributed by atoms with Gasteiger partial charge in [0, 0.05) is 10.7 Å². The number of amides is 2. The number of rotatable bonds is 5. The van der Waals surface area contributed by atoms with Gasteiger partial charge in [-0.2, -0.15) is 0 Å². The van der Waals surface area contributed by atoms with Crippen LogP contribution in [0.4, 0.5) is 5.69 Å². The van der Waals surface area contributed by atoms with E-state index in [1.165, 1.54) is 0 Å². The number of β-lactam (4-membered cyclic amide) rings is 1. The zero-order valence-corrected chi connectivity index (χ0v) is 18.9. The molecule has 0 radical (unpaired) electrons. The fourth-order valence-electron chi connectivity index (χ4n) is 4.58. The molecule has 0 aromatic heterocycles. The van der Waals surface area contributed by atoms with Crippen LogP contribution < -0.4 is 5.32 Å². The van der Waals surface area contributed by atoms with E-state index in [1.54, 1.807) is 12.1 Å². The van der Waals surface area contributed by atoms with Crippen molar-refractivity contribution in [3.05, 3.63) is 113 Å². The molecule has 1 saturated heterocycles. The Kier molecular flexibility index (Phi) is 5.61. The first-order valence-corrected chi connectivity index (χ1v) is 11.3. The van der Waals surface area contributed by atoms with Crippen LogP contribution in [0.2, 0.25) is 5.02 Å². The summed E-state index contributed by atoms with van der Waals surface area (Å²) in [7, 11) is 0. The topological polar surface area (TPSA) is 49.4 Å². The van der Waals surface area contributed by atoms with Gasteiger partial charge >= 0.3 is 0 Å². The molecule has 0 spiro atoms. The monoisotopic (exact) mass is 454 g/mol. The third-order valence-electron chi connectivity index (χ3n) is 6.34. The van der Waals surface area contributed by atoms with Gasteiger partial charge < -0.3 is 10.2 Å². The lowest BCUT2D eigenvalue weighted by molar-refractivity contribution is -0.165. The number of anilines is 1. The third-order valence-corrected chi connectivity index (χ3v) is 6.60. The standard InChI is InChI=1S/C28H23ClN2O2/c1-18(21-12-11-19-7-5-6-8-22(19)17-21)31-26(20-13-15-23(29)16-14-20)25(28(31)33)27(32)30-24-9-3-2-4-10-24/h2-18,25-26H,1H3,(H,30,32)/t18?,25-,26+/m0/s1. The van der Waals surface area contributed by atoms with Crippen molar-refractivity contribution in [1.29, 1.82) is 0 Å². The second-order valence-electron chi connectivity index (χ2n) is 8.36. The molecule has 4 aromatic carbocycles. The van der Waals surface area contributed by atoms with E-state index in [0.29, 0.717) is 10.7 Å². The van der Waals surface area contributed by atoms with Crippen molar-refractivity contribution in [3.8, 4) is 0 Å². The maximum Gasteiger partial charge on any atom is 0.239 e. The predicted molar refractivity (Wildman–Crippen MR) is 132 cm³/mol. The number of nitrogens with one attached hydrogen (secondary N) is 1. The second-order valence-corrected chi connectivity index (χ2v) is 8.79. The summed E-state index contributed by atoms with van der Waals surface area (Å²) in [6.45, 7) is 2.01. The van der Waals surface area contributed by atoms with E-state index in [0.717, 1.165) is 21.9 Å². The zero-order chi connectivity index (χ0) is 22.9. The minimum atomic E-state index is -0.797. The molecule has 1 fully saturated rings.